The van der Waals surface area contributed by atoms with Gasteiger partial charge in [0.15, 0.2) is 0 Å². The van der Waals surface area contributed by atoms with E-state index in [1.165, 1.54) is 19.3 Å². The van der Waals surface area contributed by atoms with Gasteiger partial charge in [0.1, 0.15) is 0 Å². The molecule has 0 aromatic heterocycles. The molecule has 3 nitrogen and oxygen atoms in total. The highest BCUT2D eigenvalue weighted by molar-refractivity contribution is 4.96. The Balaban J connectivity index is 1.70. The van der Waals surface area contributed by atoms with Crippen LogP contribution in [0.3, 0.4) is 0 Å². The predicted molar refractivity (Wildman–Crippen MR) is 55.1 cm³/mol. The van der Waals surface area contributed by atoms with Gasteiger partial charge in [0, 0.05) is 12.6 Å². The van der Waals surface area contributed by atoms with E-state index in [1.807, 2.05) is 0 Å². The zero-order valence-corrected chi connectivity index (χ0v) is 8.95. The third-order valence-electron chi connectivity index (χ3n) is 3.23. The van der Waals surface area contributed by atoms with Crippen LogP contribution < -0.4 is 5.73 Å². The van der Waals surface area contributed by atoms with Crippen LogP contribution in [0.4, 0.5) is 0 Å². The number of hydrogen-bond acceptors (Lipinski definition) is 3. The molecular formula is C11H21NO2. The fraction of sp³-hybridized carbons (Fsp3) is 1.00. The molecule has 3 heteroatoms. The van der Waals surface area contributed by atoms with Crippen LogP contribution in [0.5, 0.6) is 0 Å². The van der Waals surface area contributed by atoms with Crippen molar-refractivity contribution in [3.63, 3.8) is 0 Å². The molecule has 0 saturated heterocycles. The molecule has 0 spiro atoms. The Kier molecular flexibility index (Phi) is 3.42. The number of nitrogens with two attached hydrogens (primary N) is 1. The largest absolute Gasteiger partial charge is 0.374 e. The maximum atomic E-state index is 5.90. The van der Waals surface area contributed by atoms with E-state index in [1.54, 1.807) is 0 Å². The minimum absolute atomic E-state index is 0.163. The molecule has 0 aliphatic heterocycles. The van der Waals surface area contributed by atoms with Gasteiger partial charge >= 0.3 is 0 Å². The van der Waals surface area contributed by atoms with Crippen molar-refractivity contribution in [1.82, 2.24) is 0 Å². The van der Waals surface area contributed by atoms with Crippen LogP contribution >= 0.6 is 0 Å². The molecule has 2 saturated carbocycles. The summed E-state index contributed by atoms with van der Waals surface area (Å²) in [6.07, 6.45) is 6.75. The third-order valence-corrected chi connectivity index (χ3v) is 3.23. The highest BCUT2D eigenvalue weighted by Gasteiger charge is 2.42. The van der Waals surface area contributed by atoms with Crippen LogP contribution in [0.1, 0.15) is 39.0 Å². The molecule has 2 fully saturated rings. The topological polar surface area (TPSA) is 44.5 Å². The Labute approximate surface area is 85.9 Å². The zero-order valence-electron chi connectivity index (χ0n) is 8.95. The first-order chi connectivity index (χ1) is 6.81. The lowest BCUT2D eigenvalue weighted by molar-refractivity contribution is -0.174. The van der Waals surface area contributed by atoms with Gasteiger partial charge in [-0.25, -0.2) is 0 Å². The van der Waals surface area contributed by atoms with Gasteiger partial charge in [-0.05, 0) is 32.1 Å². The fourth-order valence-electron chi connectivity index (χ4n) is 1.99. The summed E-state index contributed by atoms with van der Waals surface area (Å²) in [5.74, 6) is 0. The van der Waals surface area contributed by atoms with Gasteiger partial charge in [0.05, 0.1) is 18.3 Å². The van der Waals surface area contributed by atoms with Crippen molar-refractivity contribution >= 4 is 0 Å². The standard InChI is InChI=1S/C11H21NO2/c1-2-6-13-11-9(12)7-10(11)14-8-4-3-5-8/h8-11H,2-7,12H2,1H3. The van der Waals surface area contributed by atoms with E-state index in [0.29, 0.717) is 6.10 Å². The lowest BCUT2D eigenvalue weighted by Gasteiger charge is -2.44. The molecule has 0 bridgehead atoms. The van der Waals surface area contributed by atoms with E-state index in [2.05, 4.69) is 6.92 Å². The van der Waals surface area contributed by atoms with Crippen molar-refractivity contribution in [3.05, 3.63) is 0 Å². The minimum atomic E-state index is 0.163. The SMILES string of the molecule is CCCOC1C(N)CC1OC1CCC1. The first-order valence-electron chi connectivity index (χ1n) is 5.84. The van der Waals surface area contributed by atoms with Crippen LogP contribution in [-0.2, 0) is 9.47 Å². The average molecular weight is 199 g/mol. The van der Waals surface area contributed by atoms with Crippen LogP contribution in [0.2, 0.25) is 0 Å². The molecule has 3 atom stereocenters. The van der Waals surface area contributed by atoms with Crippen LogP contribution in [0, 0.1) is 0 Å². The summed E-state index contributed by atoms with van der Waals surface area (Å²) in [5, 5.41) is 0. The monoisotopic (exact) mass is 199 g/mol. The Morgan fingerprint density at radius 1 is 1.36 bits per heavy atom. The smallest absolute Gasteiger partial charge is 0.0988 e. The van der Waals surface area contributed by atoms with Crippen LogP contribution in [0.25, 0.3) is 0 Å². The summed E-state index contributed by atoms with van der Waals surface area (Å²) in [6.45, 7) is 2.93. The highest BCUT2D eigenvalue weighted by atomic mass is 16.6. The normalized spacial score (nSPS) is 37.7. The predicted octanol–water partition coefficient (Wildman–Crippen LogP) is 1.45. The second-order valence-electron chi connectivity index (χ2n) is 4.46. The molecule has 2 rings (SSSR count). The van der Waals surface area contributed by atoms with E-state index in [-0.39, 0.29) is 18.2 Å². The number of hydrogen-bond donors (Lipinski definition) is 1. The maximum Gasteiger partial charge on any atom is 0.0988 e. The number of ether oxygens (including phenoxy) is 2. The Morgan fingerprint density at radius 3 is 2.64 bits per heavy atom. The molecule has 0 heterocycles. The van der Waals surface area contributed by atoms with Crippen LogP contribution in [-0.4, -0.2) is 31.0 Å². The van der Waals surface area contributed by atoms with E-state index >= 15 is 0 Å². The highest BCUT2D eigenvalue weighted by Crippen LogP contribution is 2.32. The summed E-state index contributed by atoms with van der Waals surface area (Å²) < 4.78 is 11.6. The molecule has 0 radical (unpaired) electrons. The first kappa shape index (κ1) is 10.4. The molecule has 82 valence electrons. The number of rotatable bonds is 5. The molecular weight excluding hydrogens is 178 g/mol. The average Bonchev–Trinajstić information content (AvgIpc) is 2.09. The van der Waals surface area contributed by atoms with Crippen molar-refractivity contribution in [3.8, 4) is 0 Å². The van der Waals surface area contributed by atoms with Gasteiger partial charge < -0.3 is 15.2 Å². The molecule has 0 aromatic carbocycles. The van der Waals surface area contributed by atoms with E-state index in [4.69, 9.17) is 15.2 Å². The zero-order chi connectivity index (χ0) is 9.97. The Hall–Kier alpha value is -0.120. The summed E-state index contributed by atoms with van der Waals surface area (Å²) >= 11 is 0. The quantitative estimate of drug-likeness (QED) is 0.729. The molecule has 2 aliphatic carbocycles. The van der Waals surface area contributed by atoms with Crippen molar-refractivity contribution < 1.29 is 9.47 Å². The Bertz CT molecular complexity index is 182. The molecule has 2 aliphatic rings. The summed E-state index contributed by atoms with van der Waals surface area (Å²) in [5.41, 5.74) is 5.88. The second-order valence-corrected chi connectivity index (χ2v) is 4.46. The van der Waals surface area contributed by atoms with Gasteiger partial charge in [0.25, 0.3) is 0 Å². The maximum absolute atomic E-state index is 5.90. The third kappa shape index (κ3) is 2.10. The second kappa shape index (κ2) is 4.60. The summed E-state index contributed by atoms with van der Waals surface area (Å²) in [6, 6.07) is 0.201. The van der Waals surface area contributed by atoms with Crippen molar-refractivity contribution in [2.75, 3.05) is 6.61 Å². The van der Waals surface area contributed by atoms with E-state index < -0.39 is 0 Å². The molecule has 0 aromatic rings. The van der Waals surface area contributed by atoms with E-state index in [9.17, 15) is 0 Å². The molecule has 14 heavy (non-hydrogen) atoms. The van der Waals surface area contributed by atoms with Crippen molar-refractivity contribution in [2.45, 2.75) is 63.4 Å². The van der Waals surface area contributed by atoms with Gasteiger partial charge in [0.2, 0.25) is 0 Å². The first-order valence-corrected chi connectivity index (χ1v) is 5.84. The summed E-state index contributed by atoms with van der Waals surface area (Å²) in [7, 11) is 0. The minimum Gasteiger partial charge on any atom is -0.374 e. The van der Waals surface area contributed by atoms with Gasteiger partial charge in [-0.1, -0.05) is 6.92 Å². The van der Waals surface area contributed by atoms with Crippen molar-refractivity contribution in [1.29, 1.82) is 0 Å². The lowest BCUT2D eigenvalue weighted by atomic mass is 9.85. The fourth-order valence-corrected chi connectivity index (χ4v) is 1.99. The van der Waals surface area contributed by atoms with Gasteiger partial charge in [-0.15, -0.1) is 0 Å². The molecule has 0 amide bonds. The van der Waals surface area contributed by atoms with E-state index in [0.717, 1.165) is 19.4 Å². The van der Waals surface area contributed by atoms with Crippen molar-refractivity contribution in [2.24, 2.45) is 5.73 Å². The summed E-state index contributed by atoms with van der Waals surface area (Å²) in [4.78, 5) is 0. The molecule has 3 unspecified atom stereocenters. The Morgan fingerprint density at radius 2 is 2.14 bits per heavy atom. The molecule has 2 N–H and O–H groups in total. The van der Waals surface area contributed by atoms with Crippen LogP contribution in [0.15, 0.2) is 0 Å². The lowest BCUT2D eigenvalue weighted by Crippen LogP contribution is -2.59. The van der Waals surface area contributed by atoms with Gasteiger partial charge in [-0.3, -0.25) is 0 Å². The van der Waals surface area contributed by atoms with Gasteiger partial charge in [-0.2, -0.15) is 0 Å².